The number of carbonyl (C=O) groups is 2. The lowest BCUT2D eigenvalue weighted by Crippen LogP contribution is -2.37. The summed E-state index contributed by atoms with van der Waals surface area (Å²) < 4.78 is 13.3. The van der Waals surface area contributed by atoms with Gasteiger partial charge in [-0.2, -0.15) is 0 Å². The standard InChI is InChI=1S/C15H18FN3O2/c1-3-17-15(21)8-18-14(20)7-11-9(2)19-13-5-4-10(16)6-12(11)13/h4-6,19H,3,7-8H2,1-2H3,(H,17,21)(H,18,20). The Bertz CT molecular complexity index is 679. The summed E-state index contributed by atoms with van der Waals surface area (Å²) >= 11 is 0. The van der Waals surface area contributed by atoms with Gasteiger partial charge in [0, 0.05) is 23.1 Å². The van der Waals surface area contributed by atoms with Gasteiger partial charge in [0.25, 0.3) is 0 Å². The minimum Gasteiger partial charge on any atom is -0.358 e. The third-order valence-corrected chi connectivity index (χ3v) is 3.24. The first-order valence-corrected chi connectivity index (χ1v) is 6.81. The highest BCUT2D eigenvalue weighted by molar-refractivity contribution is 5.91. The van der Waals surface area contributed by atoms with E-state index in [1.54, 1.807) is 6.07 Å². The van der Waals surface area contributed by atoms with Crippen molar-refractivity contribution in [2.24, 2.45) is 0 Å². The van der Waals surface area contributed by atoms with Gasteiger partial charge in [0.15, 0.2) is 0 Å². The Morgan fingerprint density at radius 2 is 2.00 bits per heavy atom. The number of rotatable bonds is 5. The fourth-order valence-electron chi connectivity index (χ4n) is 2.24. The first-order valence-electron chi connectivity index (χ1n) is 6.81. The van der Waals surface area contributed by atoms with Crippen LogP contribution in [0.4, 0.5) is 4.39 Å². The van der Waals surface area contributed by atoms with Gasteiger partial charge in [-0.25, -0.2) is 4.39 Å². The molecule has 0 atom stereocenters. The largest absolute Gasteiger partial charge is 0.358 e. The van der Waals surface area contributed by atoms with Crippen molar-refractivity contribution in [3.05, 3.63) is 35.3 Å². The van der Waals surface area contributed by atoms with Crippen LogP contribution in [0.15, 0.2) is 18.2 Å². The van der Waals surface area contributed by atoms with Crippen LogP contribution in [0.3, 0.4) is 0 Å². The van der Waals surface area contributed by atoms with E-state index in [0.717, 1.165) is 16.8 Å². The molecule has 2 amide bonds. The van der Waals surface area contributed by atoms with E-state index in [-0.39, 0.29) is 30.6 Å². The second-order valence-corrected chi connectivity index (χ2v) is 4.83. The second-order valence-electron chi connectivity index (χ2n) is 4.83. The van der Waals surface area contributed by atoms with Crippen molar-refractivity contribution >= 4 is 22.7 Å². The molecule has 0 fully saturated rings. The van der Waals surface area contributed by atoms with E-state index >= 15 is 0 Å². The molecule has 0 radical (unpaired) electrons. The summed E-state index contributed by atoms with van der Waals surface area (Å²) in [6.45, 7) is 4.12. The van der Waals surface area contributed by atoms with Gasteiger partial charge in [0.2, 0.25) is 11.8 Å². The molecule has 0 saturated carbocycles. The average Bonchev–Trinajstić information content (AvgIpc) is 2.73. The highest BCUT2D eigenvalue weighted by atomic mass is 19.1. The number of hydrogen-bond acceptors (Lipinski definition) is 2. The van der Waals surface area contributed by atoms with Crippen LogP contribution in [0.25, 0.3) is 10.9 Å². The van der Waals surface area contributed by atoms with E-state index in [0.29, 0.717) is 11.9 Å². The minimum absolute atomic E-state index is 0.0531. The van der Waals surface area contributed by atoms with Crippen molar-refractivity contribution in [3.8, 4) is 0 Å². The van der Waals surface area contributed by atoms with E-state index < -0.39 is 0 Å². The number of halogens is 1. The highest BCUT2D eigenvalue weighted by Crippen LogP contribution is 2.23. The van der Waals surface area contributed by atoms with Crippen LogP contribution in [0, 0.1) is 12.7 Å². The molecule has 1 aromatic heterocycles. The molecule has 1 heterocycles. The number of aromatic nitrogens is 1. The molecule has 112 valence electrons. The van der Waals surface area contributed by atoms with Crippen molar-refractivity contribution in [2.75, 3.05) is 13.1 Å². The number of hydrogen-bond donors (Lipinski definition) is 3. The summed E-state index contributed by atoms with van der Waals surface area (Å²) in [6.07, 6.45) is 0.106. The molecule has 0 unspecified atom stereocenters. The van der Waals surface area contributed by atoms with E-state index in [1.807, 2.05) is 13.8 Å². The molecule has 0 aliphatic heterocycles. The maximum atomic E-state index is 13.3. The molecule has 2 aromatic rings. The van der Waals surface area contributed by atoms with Crippen LogP contribution in [0.5, 0.6) is 0 Å². The summed E-state index contributed by atoms with van der Waals surface area (Å²) in [4.78, 5) is 26.3. The minimum atomic E-state index is -0.342. The van der Waals surface area contributed by atoms with Crippen molar-refractivity contribution < 1.29 is 14.0 Å². The van der Waals surface area contributed by atoms with Crippen molar-refractivity contribution in [3.63, 3.8) is 0 Å². The number of amides is 2. The monoisotopic (exact) mass is 291 g/mol. The molecule has 21 heavy (non-hydrogen) atoms. The summed E-state index contributed by atoms with van der Waals surface area (Å²) in [5.74, 6) is -0.840. The Morgan fingerprint density at radius 3 is 2.71 bits per heavy atom. The van der Waals surface area contributed by atoms with Crippen molar-refractivity contribution in [2.45, 2.75) is 20.3 Å². The van der Waals surface area contributed by atoms with Gasteiger partial charge in [-0.3, -0.25) is 9.59 Å². The Hall–Kier alpha value is -2.37. The fraction of sp³-hybridized carbons (Fsp3) is 0.333. The third kappa shape index (κ3) is 3.59. The topological polar surface area (TPSA) is 74.0 Å². The quantitative estimate of drug-likeness (QED) is 0.779. The number of H-pyrrole nitrogens is 1. The lowest BCUT2D eigenvalue weighted by molar-refractivity contribution is -0.125. The molecule has 0 aliphatic carbocycles. The molecular formula is C15H18FN3O2. The zero-order chi connectivity index (χ0) is 15.4. The van der Waals surface area contributed by atoms with Gasteiger partial charge in [-0.15, -0.1) is 0 Å². The predicted molar refractivity (Wildman–Crippen MR) is 78.4 cm³/mol. The second kappa shape index (κ2) is 6.39. The van der Waals surface area contributed by atoms with Gasteiger partial charge < -0.3 is 15.6 Å². The van der Waals surface area contributed by atoms with Gasteiger partial charge in [-0.1, -0.05) is 0 Å². The highest BCUT2D eigenvalue weighted by Gasteiger charge is 2.13. The SMILES string of the molecule is CCNC(=O)CNC(=O)Cc1c(C)[nH]c2ccc(F)cc12. The predicted octanol–water partition coefficient (Wildman–Crippen LogP) is 1.41. The number of fused-ring (bicyclic) bond motifs is 1. The van der Waals surface area contributed by atoms with Crippen LogP contribution < -0.4 is 10.6 Å². The van der Waals surface area contributed by atoms with Gasteiger partial charge in [-0.05, 0) is 37.6 Å². The van der Waals surface area contributed by atoms with Crippen LogP contribution in [0.2, 0.25) is 0 Å². The maximum absolute atomic E-state index is 13.3. The van der Waals surface area contributed by atoms with E-state index in [4.69, 9.17) is 0 Å². The number of benzene rings is 1. The normalized spacial score (nSPS) is 10.6. The Kier molecular flexibility index (Phi) is 4.57. The number of aromatic amines is 1. The molecule has 3 N–H and O–H groups in total. The van der Waals surface area contributed by atoms with Gasteiger partial charge in [0.05, 0.1) is 13.0 Å². The Morgan fingerprint density at radius 1 is 1.24 bits per heavy atom. The van der Waals surface area contributed by atoms with E-state index in [2.05, 4.69) is 15.6 Å². The summed E-state index contributed by atoms with van der Waals surface area (Å²) in [7, 11) is 0. The third-order valence-electron chi connectivity index (χ3n) is 3.24. The van der Waals surface area contributed by atoms with Crippen molar-refractivity contribution in [1.29, 1.82) is 0 Å². The first-order chi connectivity index (χ1) is 10.0. The molecular weight excluding hydrogens is 273 g/mol. The van der Waals surface area contributed by atoms with Crippen LogP contribution in [-0.4, -0.2) is 29.9 Å². The van der Waals surface area contributed by atoms with E-state index in [9.17, 15) is 14.0 Å². The molecule has 0 aliphatic rings. The maximum Gasteiger partial charge on any atom is 0.239 e. The van der Waals surface area contributed by atoms with E-state index in [1.165, 1.54) is 12.1 Å². The lowest BCUT2D eigenvalue weighted by atomic mass is 10.1. The molecule has 0 saturated heterocycles. The zero-order valence-electron chi connectivity index (χ0n) is 12.0. The molecule has 1 aromatic carbocycles. The Labute approximate surface area is 121 Å². The van der Waals surface area contributed by atoms with Crippen LogP contribution >= 0.6 is 0 Å². The first kappa shape index (κ1) is 15.0. The fourth-order valence-corrected chi connectivity index (χ4v) is 2.24. The number of likely N-dealkylation sites (N-methyl/N-ethyl adjacent to an activating group) is 1. The lowest BCUT2D eigenvalue weighted by Gasteiger charge is -2.05. The van der Waals surface area contributed by atoms with Crippen LogP contribution in [0.1, 0.15) is 18.2 Å². The molecule has 0 bridgehead atoms. The van der Waals surface area contributed by atoms with Gasteiger partial charge in [0.1, 0.15) is 5.82 Å². The summed E-state index contributed by atoms with van der Waals surface area (Å²) in [5, 5.41) is 5.85. The average molecular weight is 291 g/mol. The van der Waals surface area contributed by atoms with Crippen LogP contribution in [-0.2, 0) is 16.0 Å². The number of aryl methyl sites for hydroxylation is 1. The smallest absolute Gasteiger partial charge is 0.239 e. The summed E-state index contributed by atoms with van der Waals surface area (Å²) in [6, 6.07) is 4.43. The zero-order valence-corrected chi connectivity index (χ0v) is 12.0. The van der Waals surface area contributed by atoms with Crippen molar-refractivity contribution in [1.82, 2.24) is 15.6 Å². The molecule has 6 heteroatoms. The Balaban J connectivity index is 2.09. The van der Waals surface area contributed by atoms with Gasteiger partial charge >= 0.3 is 0 Å². The summed E-state index contributed by atoms with van der Waals surface area (Å²) in [5.41, 5.74) is 2.36. The molecule has 5 nitrogen and oxygen atoms in total. The number of nitrogens with one attached hydrogen (secondary N) is 3. The number of carbonyl (C=O) groups excluding carboxylic acids is 2. The molecule has 2 rings (SSSR count). The molecule has 0 spiro atoms.